The Bertz CT molecular complexity index is 170. The van der Waals surface area contributed by atoms with Crippen LogP contribution >= 0.6 is 0 Å². The van der Waals surface area contributed by atoms with Crippen molar-refractivity contribution in [2.75, 3.05) is 0 Å². The highest BCUT2D eigenvalue weighted by molar-refractivity contribution is 5.02. The van der Waals surface area contributed by atoms with Crippen molar-refractivity contribution in [2.24, 2.45) is 0 Å². The number of rotatable bonds is 1. The molecule has 72 valence electrons. The van der Waals surface area contributed by atoms with Gasteiger partial charge in [0.1, 0.15) is 5.76 Å². The molecule has 0 spiro atoms. The van der Waals surface area contributed by atoms with Crippen LogP contribution in [0.25, 0.3) is 0 Å². The van der Waals surface area contributed by atoms with Crippen molar-refractivity contribution >= 4 is 0 Å². The van der Waals surface area contributed by atoms with Gasteiger partial charge in [0, 0.05) is 6.07 Å². The lowest BCUT2D eigenvalue weighted by Crippen LogP contribution is -1.73. The minimum atomic E-state index is 0.891. The summed E-state index contributed by atoms with van der Waals surface area (Å²) in [6.45, 7) is 11.9. The van der Waals surface area contributed by atoms with Gasteiger partial charge in [0.05, 0.1) is 5.69 Å². The minimum Gasteiger partial charge on any atom is -0.361 e. The smallest absolute Gasteiger partial charge is 0.133 e. The highest BCUT2D eigenvalue weighted by Gasteiger charge is 1.93. The number of nitrogens with zero attached hydrogens (tertiary/aromatic N) is 1. The number of hydrogen-bond donors (Lipinski definition) is 0. The summed E-state index contributed by atoms with van der Waals surface area (Å²) in [5.41, 5.74) is 1.03. The quantitative estimate of drug-likeness (QED) is 0.645. The molecule has 0 fully saturated rings. The van der Waals surface area contributed by atoms with Crippen molar-refractivity contribution < 1.29 is 4.52 Å². The number of hydrogen-bond acceptors (Lipinski definition) is 2. The van der Waals surface area contributed by atoms with Crippen LogP contribution in [0.2, 0.25) is 0 Å². The minimum absolute atomic E-state index is 0.891. The van der Waals surface area contributed by atoms with Crippen LogP contribution < -0.4 is 0 Å². The second-order valence-corrected chi connectivity index (χ2v) is 1.78. The summed E-state index contributed by atoms with van der Waals surface area (Å²) >= 11 is 0. The Kier molecular flexibility index (Phi) is 11.7. The summed E-state index contributed by atoms with van der Waals surface area (Å²) in [5, 5.41) is 3.76. The average molecular weight is 171 g/mol. The molecule has 0 N–H and O–H groups in total. The molecule has 0 aromatic carbocycles. The van der Waals surface area contributed by atoms with Crippen LogP contribution in [0.4, 0.5) is 0 Å². The molecule has 0 radical (unpaired) electrons. The van der Waals surface area contributed by atoms with Gasteiger partial charge in [0.15, 0.2) is 0 Å². The van der Waals surface area contributed by atoms with Crippen LogP contribution in [0.1, 0.15) is 46.1 Å². The Morgan fingerprint density at radius 1 is 1.25 bits per heavy atom. The van der Waals surface area contributed by atoms with Crippen LogP contribution in [0.15, 0.2) is 10.6 Å². The SMILES string of the molecule is CC.CC.CCc1cc(C)on1. The van der Waals surface area contributed by atoms with E-state index < -0.39 is 0 Å². The molecule has 1 rings (SSSR count). The highest BCUT2D eigenvalue weighted by Crippen LogP contribution is 2.00. The maximum Gasteiger partial charge on any atom is 0.133 e. The molecule has 12 heavy (non-hydrogen) atoms. The van der Waals surface area contributed by atoms with E-state index in [0.29, 0.717) is 0 Å². The standard InChI is InChI=1S/C6H9NO.2C2H6/c1-3-6-4-5(2)8-7-6;2*1-2/h4H,3H2,1-2H3;2*1-2H3. The number of aromatic nitrogens is 1. The molecule has 0 amide bonds. The first-order valence-corrected chi connectivity index (χ1v) is 4.75. The van der Waals surface area contributed by atoms with Crippen LogP contribution in [0, 0.1) is 6.92 Å². The zero-order valence-electron chi connectivity index (χ0n) is 9.14. The molecule has 0 aliphatic carbocycles. The maximum absolute atomic E-state index is 4.81. The third-order valence-electron chi connectivity index (χ3n) is 1.04. The molecule has 0 saturated heterocycles. The molecule has 1 heterocycles. The molecule has 2 nitrogen and oxygen atoms in total. The second-order valence-electron chi connectivity index (χ2n) is 1.78. The molecule has 0 aliphatic heterocycles. The van der Waals surface area contributed by atoms with Gasteiger partial charge >= 0.3 is 0 Å². The van der Waals surface area contributed by atoms with Gasteiger partial charge in [-0.1, -0.05) is 39.8 Å². The van der Waals surface area contributed by atoms with Crippen molar-refractivity contribution in [1.29, 1.82) is 0 Å². The van der Waals surface area contributed by atoms with E-state index in [-0.39, 0.29) is 0 Å². The topological polar surface area (TPSA) is 26.0 Å². The predicted octanol–water partition coefficient (Wildman–Crippen LogP) is 3.60. The zero-order chi connectivity index (χ0) is 9.98. The highest BCUT2D eigenvalue weighted by atomic mass is 16.5. The van der Waals surface area contributed by atoms with Gasteiger partial charge in [-0.05, 0) is 13.3 Å². The van der Waals surface area contributed by atoms with Gasteiger partial charge in [0.2, 0.25) is 0 Å². The third-order valence-corrected chi connectivity index (χ3v) is 1.04. The van der Waals surface area contributed by atoms with Gasteiger partial charge in [-0.2, -0.15) is 0 Å². The molecule has 0 atom stereocenters. The van der Waals surface area contributed by atoms with E-state index in [4.69, 9.17) is 4.52 Å². The Hall–Kier alpha value is -0.790. The lowest BCUT2D eigenvalue weighted by molar-refractivity contribution is 0.391. The fourth-order valence-corrected chi connectivity index (χ4v) is 0.585. The summed E-state index contributed by atoms with van der Waals surface area (Å²) in [4.78, 5) is 0. The van der Waals surface area contributed by atoms with Gasteiger partial charge < -0.3 is 4.52 Å². The molecular weight excluding hydrogens is 150 g/mol. The van der Waals surface area contributed by atoms with Gasteiger partial charge in [-0.3, -0.25) is 0 Å². The van der Waals surface area contributed by atoms with E-state index in [1.807, 2.05) is 40.7 Å². The average Bonchev–Trinajstić information content (AvgIpc) is 2.58. The van der Waals surface area contributed by atoms with Gasteiger partial charge in [0.25, 0.3) is 0 Å². The van der Waals surface area contributed by atoms with Crippen molar-refractivity contribution in [3.05, 3.63) is 17.5 Å². The third kappa shape index (κ3) is 5.96. The summed E-state index contributed by atoms with van der Waals surface area (Å²) in [5.74, 6) is 0.891. The first kappa shape index (κ1) is 13.8. The summed E-state index contributed by atoms with van der Waals surface area (Å²) in [7, 11) is 0. The fraction of sp³-hybridized carbons (Fsp3) is 0.700. The molecule has 0 aliphatic rings. The first-order valence-electron chi connectivity index (χ1n) is 4.75. The van der Waals surface area contributed by atoms with Crippen LogP contribution in [0.3, 0.4) is 0 Å². The molecule has 1 aromatic heterocycles. The molecule has 0 unspecified atom stereocenters. The lowest BCUT2D eigenvalue weighted by atomic mass is 10.3. The van der Waals surface area contributed by atoms with Crippen LogP contribution in [-0.4, -0.2) is 5.16 Å². The van der Waals surface area contributed by atoms with Gasteiger partial charge in [-0.15, -0.1) is 0 Å². The van der Waals surface area contributed by atoms with Crippen molar-refractivity contribution in [3.8, 4) is 0 Å². The van der Waals surface area contributed by atoms with Crippen LogP contribution in [-0.2, 0) is 6.42 Å². The molecule has 1 aromatic rings. The van der Waals surface area contributed by atoms with E-state index >= 15 is 0 Å². The van der Waals surface area contributed by atoms with E-state index in [9.17, 15) is 0 Å². The predicted molar refractivity (Wildman–Crippen MR) is 53.3 cm³/mol. The second kappa shape index (κ2) is 10.2. The van der Waals surface area contributed by atoms with E-state index in [1.54, 1.807) is 0 Å². The monoisotopic (exact) mass is 171 g/mol. The summed E-state index contributed by atoms with van der Waals surface area (Å²) < 4.78 is 4.81. The maximum atomic E-state index is 4.81. The normalized spacial score (nSPS) is 7.50. The fourth-order valence-electron chi connectivity index (χ4n) is 0.585. The number of aryl methyl sites for hydroxylation is 2. The summed E-state index contributed by atoms with van der Waals surface area (Å²) in [6.07, 6.45) is 0.956. The Morgan fingerprint density at radius 2 is 1.75 bits per heavy atom. The van der Waals surface area contributed by atoms with Crippen molar-refractivity contribution in [2.45, 2.75) is 48.0 Å². The van der Waals surface area contributed by atoms with E-state index in [2.05, 4.69) is 12.1 Å². The largest absolute Gasteiger partial charge is 0.361 e. The first-order chi connectivity index (χ1) is 5.83. The molecule has 0 saturated carbocycles. The van der Waals surface area contributed by atoms with E-state index in [1.165, 1.54) is 0 Å². The molecule has 2 heteroatoms. The van der Waals surface area contributed by atoms with Crippen molar-refractivity contribution in [1.82, 2.24) is 5.16 Å². The Morgan fingerprint density at radius 3 is 1.92 bits per heavy atom. The van der Waals surface area contributed by atoms with Crippen LogP contribution in [0.5, 0.6) is 0 Å². The lowest BCUT2D eigenvalue weighted by Gasteiger charge is -1.75. The van der Waals surface area contributed by atoms with Gasteiger partial charge in [-0.25, -0.2) is 0 Å². The van der Waals surface area contributed by atoms with Crippen molar-refractivity contribution in [3.63, 3.8) is 0 Å². The summed E-state index contributed by atoms with van der Waals surface area (Å²) in [6, 6.07) is 1.94. The Labute approximate surface area is 76.0 Å². The zero-order valence-corrected chi connectivity index (χ0v) is 9.14. The van der Waals surface area contributed by atoms with E-state index in [0.717, 1.165) is 17.9 Å². The molecule has 0 bridgehead atoms. The molecular formula is C10H21NO. The Balaban J connectivity index is 0.